The Bertz CT molecular complexity index is 657. The number of aldehydes is 1. The van der Waals surface area contributed by atoms with Crippen molar-refractivity contribution in [3.05, 3.63) is 41.2 Å². The number of benzene rings is 1. The second kappa shape index (κ2) is 4.88. The van der Waals surface area contributed by atoms with E-state index >= 15 is 0 Å². The molecule has 0 spiro atoms. The number of hydrogen-bond acceptors (Lipinski definition) is 4. The van der Waals surface area contributed by atoms with Gasteiger partial charge in [0.1, 0.15) is 5.69 Å². The molecule has 0 amide bonds. The van der Waals surface area contributed by atoms with Crippen LogP contribution in [0.3, 0.4) is 0 Å². The van der Waals surface area contributed by atoms with Gasteiger partial charge < -0.3 is 5.11 Å². The van der Waals surface area contributed by atoms with Crippen molar-refractivity contribution in [3.63, 3.8) is 0 Å². The van der Waals surface area contributed by atoms with Gasteiger partial charge in [-0.3, -0.25) is 4.79 Å². The quantitative estimate of drug-likeness (QED) is 0.860. The first kappa shape index (κ1) is 12.5. The van der Waals surface area contributed by atoms with Gasteiger partial charge in [0.05, 0.1) is 16.9 Å². The van der Waals surface area contributed by atoms with Gasteiger partial charge in [0.15, 0.2) is 6.29 Å². The molecule has 0 bridgehead atoms. The normalized spacial score (nSPS) is 14.8. The fraction of sp³-hybridized carbons (Fsp3) is 0.286. The number of carboxylic acids is 1. The molecule has 0 atom stereocenters. The molecule has 20 heavy (non-hydrogen) atoms. The third-order valence-electron chi connectivity index (χ3n) is 3.69. The number of carbonyl (C=O) groups excluding carboxylic acids is 1. The van der Waals surface area contributed by atoms with E-state index in [1.54, 1.807) is 16.8 Å². The van der Waals surface area contributed by atoms with Crippen molar-refractivity contribution in [3.8, 4) is 5.69 Å². The highest BCUT2D eigenvalue weighted by molar-refractivity contribution is 5.87. The number of carbonyl (C=O) groups is 2. The van der Waals surface area contributed by atoms with E-state index in [9.17, 15) is 9.59 Å². The number of hydrogen-bond donors (Lipinski definition) is 1. The van der Waals surface area contributed by atoms with Gasteiger partial charge in [-0.1, -0.05) is 11.6 Å². The van der Waals surface area contributed by atoms with Gasteiger partial charge in [0.25, 0.3) is 0 Å². The molecule has 3 rings (SSSR count). The lowest BCUT2D eigenvalue weighted by Gasteiger charge is -2.26. The van der Waals surface area contributed by atoms with Crippen LogP contribution in [0.5, 0.6) is 0 Å². The summed E-state index contributed by atoms with van der Waals surface area (Å²) in [7, 11) is 0. The predicted octanol–water partition coefficient (Wildman–Crippen LogP) is 2.05. The maximum absolute atomic E-state index is 11.1. The van der Waals surface area contributed by atoms with Crippen LogP contribution in [-0.2, 0) is 0 Å². The van der Waals surface area contributed by atoms with Crippen molar-refractivity contribution in [1.82, 2.24) is 15.0 Å². The Morgan fingerprint density at radius 2 is 2.00 bits per heavy atom. The van der Waals surface area contributed by atoms with E-state index in [1.807, 2.05) is 0 Å². The third kappa shape index (κ3) is 1.99. The monoisotopic (exact) mass is 271 g/mol. The molecule has 1 N–H and O–H groups in total. The molecule has 1 saturated carbocycles. The second-order valence-electron chi connectivity index (χ2n) is 4.87. The summed E-state index contributed by atoms with van der Waals surface area (Å²) in [6.07, 6.45) is 3.93. The van der Waals surface area contributed by atoms with Crippen LogP contribution in [-0.4, -0.2) is 32.4 Å². The fourth-order valence-electron chi connectivity index (χ4n) is 2.38. The average Bonchev–Trinajstić information content (AvgIpc) is 2.80. The van der Waals surface area contributed by atoms with Gasteiger partial charge in [0, 0.05) is 5.92 Å². The molecular formula is C14H13N3O3. The van der Waals surface area contributed by atoms with Crippen LogP contribution in [0.1, 0.15) is 51.7 Å². The number of carboxylic acid groups (broad SMARTS) is 1. The Morgan fingerprint density at radius 1 is 1.30 bits per heavy atom. The zero-order valence-electron chi connectivity index (χ0n) is 10.7. The van der Waals surface area contributed by atoms with Crippen LogP contribution >= 0.6 is 0 Å². The summed E-state index contributed by atoms with van der Waals surface area (Å²) in [5.41, 5.74) is 2.14. The van der Waals surface area contributed by atoms with E-state index in [-0.39, 0.29) is 5.56 Å². The molecule has 1 heterocycles. The summed E-state index contributed by atoms with van der Waals surface area (Å²) in [4.78, 5) is 21.9. The van der Waals surface area contributed by atoms with Gasteiger partial charge in [0.2, 0.25) is 0 Å². The van der Waals surface area contributed by atoms with Crippen molar-refractivity contribution in [2.24, 2.45) is 0 Å². The van der Waals surface area contributed by atoms with Crippen LogP contribution in [0.4, 0.5) is 0 Å². The molecule has 1 aliphatic rings. The van der Waals surface area contributed by atoms with Gasteiger partial charge in [-0.2, -0.15) is 0 Å². The topological polar surface area (TPSA) is 85.1 Å². The lowest BCUT2D eigenvalue weighted by atomic mass is 9.82. The largest absolute Gasteiger partial charge is 0.478 e. The predicted molar refractivity (Wildman–Crippen MR) is 70.3 cm³/mol. The Kier molecular flexibility index (Phi) is 3.06. The highest BCUT2D eigenvalue weighted by atomic mass is 16.4. The average molecular weight is 271 g/mol. The third-order valence-corrected chi connectivity index (χ3v) is 3.69. The van der Waals surface area contributed by atoms with Crippen molar-refractivity contribution in [2.45, 2.75) is 25.2 Å². The maximum Gasteiger partial charge on any atom is 0.335 e. The zero-order chi connectivity index (χ0) is 14.1. The van der Waals surface area contributed by atoms with Crippen molar-refractivity contribution in [1.29, 1.82) is 0 Å². The van der Waals surface area contributed by atoms with Crippen LogP contribution in [0.15, 0.2) is 24.3 Å². The number of rotatable bonds is 4. The molecule has 0 unspecified atom stereocenters. The number of nitrogens with zero attached hydrogens (tertiary/aromatic N) is 3. The Balaban J connectivity index is 2.03. The van der Waals surface area contributed by atoms with E-state index in [1.165, 1.54) is 12.1 Å². The van der Waals surface area contributed by atoms with Gasteiger partial charge in [-0.15, -0.1) is 5.10 Å². The van der Waals surface area contributed by atoms with Crippen LogP contribution in [0.25, 0.3) is 5.69 Å². The van der Waals surface area contributed by atoms with Crippen molar-refractivity contribution < 1.29 is 14.7 Å². The van der Waals surface area contributed by atoms with Crippen LogP contribution in [0, 0.1) is 0 Å². The fourth-order valence-corrected chi connectivity index (χ4v) is 2.38. The summed E-state index contributed by atoms with van der Waals surface area (Å²) in [5.74, 6) is -0.660. The summed E-state index contributed by atoms with van der Waals surface area (Å²) in [6.45, 7) is 0. The molecule has 1 aliphatic carbocycles. The molecule has 0 saturated heterocycles. The van der Waals surface area contributed by atoms with Crippen molar-refractivity contribution >= 4 is 12.3 Å². The molecule has 0 radical (unpaired) electrons. The van der Waals surface area contributed by atoms with E-state index in [2.05, 4.69) is 10.3 Å². The smallest absolute Gasteiger partial charge is 0.335 e. The van der Waals surface area contributed by atoms with Crippen LogP contribution < -0.4 is 0 Å². The van der Waals surface area contributed by atoms with E-state index in [0.29, 0.717) is 11.6 Å². The lowest BCUT2D eigenvalue weighted by molar-refractivity contribution is 0.0696. The number of aromatic carboxylic acids is 1. The molecule has 1 aromatic carbocycles. The zero-order valence-corrected chi connectivity index (χ0v) is 10.7. The molecule has 6 heteroatoms. The first-order valence-corrected chi connectivity index (χ1v) is 6.45. The minimum atomic E-state index is -0.970. The molecule has 1 aromatic heterocycles. The molecule has 2 aromatic rings. The van der Waals surface area contributed by atoms with Crippen LogP contribution in [0.2, 0.25) is 0 Å². The highest BCUT2D eigenvalue weighted by Gasteiger charge is 2.28. The first-order chi connectivity index (χ1) is 9.70. The van der Waals surface area contributed by atoms with Gasteiger partial charge in [-0.25, -0.2) is 9.48 Å². The summed E-state index contributed by atoms with van der Waals surface area (Å²) >= 11 is 0. The number of aromatic nitrogens is 3. The Morgan fingerprint density at radius 3 is 2.50 bits per heavy atom. The summed E-state index contributed by atoms with van der Waals surface area (Å²) < 4.78 is 1.64. The molecule has 1 fully saturated rings. The van der Waals surface area contributed by atoms with E-state index in [4.69, 9.17) is 5.11 Å². The maximum atomic E-state index is 11.1. The standard InChI is InChI=1S/C14H13N3O3/c18-8-12-13(9-2-1-3-9)17(16-15-12)11-6-4-10(5-7-11)14(19)20/h4-9H,1-3H2,(H,19,20). The van der Waals surface area contributed by atoms with E-state index in [0.717, 1.165) is 36.9 Å². The minimum Gasteiger partial charge on any atom is -0.478 e. The van der Waals surface area contributed by atoms with E-state index < -0.39 is 5.97 Å². The molecule has 0 aliphatic heterocycles. The lowest BCUT2D eigenvalue weighted by Crippen LogP contribution is -2.16. The van der Waals surface area contributed by atoms with Gasteiger partial charge >= 0.3 is 5.97 Å². The first-order valence-electron chi connectivity index (χ1n) is 6.45. The second-order valence-corrected chi connectivity index (χ2v) is 4.87. The minimum absolute atomic E-state index is 0.217. The Hall–Kier alpha value is -2.50. The summed E-state index contributed by atoms with van der Waals surface area (Å²) in [6, 6.07) is 6.39. The summed E-state index contributed by atoms with van der Waals surface area (Å²) in [5, 5.41) is 16.8. The highest BCUT2D eigenvalue weighted by Crippen LogP contribution is 2.37. The van der Waals surface area contributed by atoms with Crippen molar-refractivity contribution in [2.75, 3.05) is 0 Å². The molecular weight excluding hydrogens is 258 g/mol. The SMILES string of the molecule is O=Cc1nnn(-c2ccc(C(=O)O)cc2)c1C1CCC1. The molecule has 102 valence electrons. The molecule has 6 nitrogen and oxygen atoms in total. The Labute approximate surface area is 115 Å². The van der Waals surface area contributed by atoms with Gasteiger partial charge in [-0.05, 0) is 37.1 Å².